The molecule has 0 N–H and O–H groups in total. The first-order valence-electron chi connectivity index (χ1n) is 10.7. The summed E-state index contributed by atoms with van der Waals surface area (Å²) >= 11 is 0. The van der Waals surface area contributed by atoms with E-state index in [-0.39, 0.29) is 32.7 Å². The van der Waals surface area contributed by atoms with Crippen LogP contribution in [0.3, 0.4) is 0 Å². The van der Waals surface area contributed by atoms with E-state index in [1.54, 1.807) is 0 Å². The van der Waals surface area contributed by atoms with E-state index in [9.17, 15) is 0 Å². The van der Waals surface area contributed by atoms with Crippen molar-refractivity contribution in [3.8, 4) is 0 Å². The predicted octanol–water partition coefficient (Wildman–Crippen LogP) is 8.16. The van der Waals surface area contributed by atoms with Crippen LogP contribution in [0.1, 0.15) is 80.1 Å². The number of hydrogen-bond acceptors (Lipinski definition) is 0. The van der Waals surface area contributed by atoms with Gasteiger partial charge >= 0.3 is 32.7 Å². The van der Waals surface area contributed by atoms with Crippen molar-refractivity contribution in [3.05, 3.63) is 71.4 Å². The average molecular weight is 453 g/mol. The zero-order valence-electron chi connectivity index (χ0n) is 19.0. The third kappa shape index (κ3) is 14.5. The Morgan fingerprint density at radius 1 is 0.571 bits per heavy atom. The zero-order valence-corrected chi connectivity index (χ0v) is 21.9. The van der Waals surface area contributed by atoms with Crippen LogP contribution in [-0.2, 0) is 32.7 Å². The smallest absolute Gasteiger partial charge is 0.269 e. The van der Waals surface area contributed by atoms with Crippen LogP contribution in [0.4, 0.5) is 0 Å². The fourth-order valence-electron chi connectivity index (χ4n) is 3.09. The maximum absolute atomic E-state index is 3.29. The van der Waals surface area contributed by atoms with E-state index in [0.29, 0.717) is 0 Å². The molecule has 1 heteroatoms. The molecular weight excluding hydrogens is 413 g/mol. The average Bonchev–Trinajstić information content (AvgIpc) is 3.30. The van der Waals surface area contributed by atoms with Gasteiger partial charge in [0.2, 0.25) is 0 Å². The largest absolute Gasteiger partial charge is 3.00 e. The molecule has 0 fully saturated rings. The Labute approximate surface area is 200 Å². The molecule has 0 bridgehead atoms. The van der Waals surface area contributed by atoms with E-state index in [1.165, 1.54) is 36.0 Å². The van der Waals surface area contributed by atoms with Crippen LogP contribution in [0.25, 0.3) is 0 Å². The Hall–Kier alpha value is -0.456. The summed E-state index contributed by atoms with van der Waals surface area (Å²) in [6.45, 7) is 13.4. The Balaban J connectivity index is 0.000000384. The van der Waals surface area contributed by atoms with Gasteiger partial charge in [-0.2, -0.15) is 18.2 Å². The molecule has 0 amide bonds. The standard InChI is InChI=1S/3C9H13.Y/c3*1-8(2)7-9-5-3-4-6-9;/h3*3,5,8H,4,7H2,1-2H3;/q3*-1;+3. The van der Waals surface area contributed by atoms with E-state index in [0.717, 1.165) is 37.0 Å². The van der Waals surface area contributed by atoms with Crippen molar-refractivity contribution in [3.63, 3.8) is 0 Å². The molecule has 3 rings (SSSR count). The molecular formula is C27H39Y. The van der Waals surface area contributed by atoms with Crippen LogP contribution in [0.5, 0.6) is 0 Å². The summed E-state index contributed by atoms with van der Waals surface area (Å²) in [6, 6.07) is 0. The zero-order chi connectivity index (χ0) is 20.1. The first kappa shape index (κ1) is 27.5. The summed E-state index contributed by atoms with van der Waals surface area (Å²) < 4.78 is 0. The summed E-state index contributed by atoms with van der Waals surface area (Å²) in [5.74, 6) is 2.32. The van der Waals surface area contributed by atoms with E-state index in [4.69, 9.17) is 0 Å². The van der Waals surface area contributed by atoms with Crippen LogP contribution < -0.4 is 0 Å². The SMILES string of the molecule is CC(C)CC1=[C-]CC=C1.CC(C)CC1=[C-]CC=C1.CC(C)CC1=[C-]CC=C1.[Y+3]. The summed E-state index contributed by atoms with van der Waals surface area (Å²) in [4.78, 5) is 0. The number of rotatable bonds is 6. The minimum atomic E-state index is 0. The van der Waals surface area contributed by atoms with Crippen molar-refractivity contribution in [2.24, 2.45) is 17.8 Å². The van der Waals surface area contributed by atoms with Crippen LogP contribution in [0, 0.1) is 36.0 Å². The minimum absolute atomic E-state index is 0. The van der Waals surface area contributed by atoms with Crippen molar-refractivity contribution < 1.29 is 32.7 Å². The Bertz CT molecular complexity index is 506. The van der Waals surface area contributed by atoms with Crippen molar-refractivity contribution in [1.82, 2.24) is 0 Å². The maximum atomic E-state index is 3.29. The normalized spacial score (nSPS) is 16.4. The molecule has 3 aliphatic rings. The molecule has 0 unspecified atom stereocenters. The predicted molar refractivity (Wildman–Crippen MR) is 120 cm³/mol. The van der Waals surface area contributed by atoms with Gasteiger partial charge in [0.25, 0.3) is 0 Å². The van der Waals surface area contributed by atoms with Crippen molar-refractivity contribution >= 4 is 0 Å². The quantitative estimate of drug-likeness (QED) is 0.357. The third-order valence-corrected chi connectivity index (χ3v) is 4.18. The summed E-state index contributed by atoms with van der Waals surface area (Å²) in [7, 11) is 0. The van der Waals surface area contributed by atoms with Gasteiger partial charge in [0.05, 0.1) is 0 Å². The van der Waals surface area contributed by atoms with Gasteiger partial charge in [0.15, 0.2) is 0 Å². The van der Waals surface area contributed by atoms with Gasteiger partial charge in [-0.15, -0.1) is 19.3 Å². The topological polar surface area (TPSA) is 0 Å². The third-order valence-electron chi connectivity index (χ3n) is 4.18. The second-order valence-corrected chi connectivity index (χ2v) is 8.72. The van der Waals surface area contributed by atoms with Crippen LogP contribution in [0.15, 0.2) is 53.2 Å². The molecule has 150 valence electrons. The fraction of sp³-hybridized carbons (Fsp3) is 0.556. The van der Waals surface area contributed by atoms with E-state index < -0.39 is 0 Å². The molecule has 0 atom stereocenters. The first-order chi connectivity index (χ1) is 12.9. The number of allylic oxidation sites excluding steroid dienone is 12. The van der Waals surface area contributed by atoms with E-state index in [1.807, 2.05) is 0 Å². The Morgan fingerprint density at radius 3 is 0.964 bits per heavy atom. The fourth-order valence-corrected chi connectivity index (χ4v) is 3.09. The number of hydrogen-bond donors (Lipinski definition) is 0. The van der Waals surface area contributed by atoms with Crippen LogP contribution in [0.2, 0.25) is 0 Å². The molecule has 0 aliphatic heterocycles. The Morgan fingerprint density at radius 2 is 0.821 bits per heavy atom. The van der Waals surface area contributed by atoms with E-state index in [2.05, 4.69) is 96.2 Å². The van der Waals surface area contributed by atoms with Gasteiger partial charge in [0.1, 0.15) is 0 Å². The van der Waals surface area contributed by atoms with Crippen LogP contribution >= 0.6 is 0 Å². The van der Waals surface area contributed by atoms with Gasteiger partial charge < -0.3 is 0 Å². The monoisotopic (exact) mass is 452 g/mol. The molecule has 28 heavy (non-hydrogen) atoms. The molecule has 0 heterocycles. The van der Waals surface area contributed by atoms with Crippen LogP contribution in [-0.4, -0.2) is 0 Å². The summed E-state index contributed by atoms with van der Waals surface area (Å²) in [5.41, 5.74) is 4.18. The molecule has 0 saturated heterocycles. The van der Waals surface area contributed by atoms with Crippen molar-refractivity contribution in [1.29, 1.82) is 0 Å². The van der Waals surface area contributed by atoms with Crippen molar-refractivity contribution in [2.75, 3.05) is 0 Å². The minimum Gasteiger partial charge on any atom is -0.269 e. The van der Waals surface area contributed by atoms with Gasteiger partial charge in [0, 0.05) is 0 Å². The van der Waals surface area contributed by atoms with Gasteiger partial charge in [-0.3, -0.25) is 18.2 Å². The van der Waals surface area contributed by atoms with Crippen molar-refractivity contribution in [2.45, 2.75) is 80.1 Å². The molecule has 0 aromatic carbocycles. The molecule has 0 saturated carbocycles. The molecule has 0 radical (unpaired) electrons. The molecule has 0 nitrogen and oxygen atoms in total. The van der Waals surface area contributed by atoms with E-state index >= 15 is 0 Å². The molecule has 3 aliphatic carbocycles. The van der Waals surface area contributed by atoms with Gasteiger partial charge in [-0.1, -0.05) is 60.8 Å². The molecule has 0 aromatic rings. The second-order valence-electron chi connectivity index (χ2n) is 8.72. The molecule has 0 spiro atoms. The molecule has 0 aromatic heterocycles. The summed E-state index contributed by atoms with van der Waals surface area (Å²) in [6.07, 6.45) is 29.6. The summed E-state index contributed by atoms with van der Waals surface area (Å²) in [5, 5.41) is 0. The first-order valence-corrected chi connectivity index (χ1v) is 10.7. The maximum Gasteiger partial charge on any atom is 3.00 e. The second kappa shape index (κ2) is 16.4. The Kier molecular flexibility index (Phi) is 16.1. The van der Waals surface area contributed by atoms with Gasteiger partial charge in [-0.25, -0.2) is 34.9 Å². The van der Waals surface area contributed by atoms with Gasteiger partial charge in [-0.05, 0) is 17.8 Å².